The molecule has 0 saturated heterocycles. The molecule has 2 N–H and O–H groups in total. The maximum absolute atomic E-state index is 13.0. The Morgan fingerprint density at radius 2 is 1.63 bits per heavy atom. The highest BCUT2D eigenvalue weighted by Gasteiger charge is 2.72. The summed E-state index contributed by atoms with van der Waals surface area (Å²) in [6.07, 6.45) is 12.9. The molecule has 0 spiro atoms. The van der Waals surface area contributed by atoms with Crippen LogP contribution in [-0.4, -0.2) is 28.4 Å². The second kappa shape index (κ2) is 10.2. The predicted octanol–water partition coefficient (Wildman–Crippen LogP) is 8.97. The highest BCUT2D eigenvalue weighted by atomic mass is 16.5. The zero-order chi connectivity index (χ0) is 31.2. The van der Waals surface area contributed by atoms with E-state index in [4.69, 9.17) is 4.74 Å². The summed E-state index contributed by atoms with van der Waals surface area (Å²) in [5.74, 6) is 2.28. The molecule has 0 aliphatic heterocycles. The molecule has 6 rings (SSSR count). The molecule has 4 heteroatoms. The minimum Gasteiger partial charge on any atom is -0.508 e. The zero-order valence-electron chi connectivity index (χ0n) is 27.8. The lowest BCUT2D eigenvalue weighted by Crippen LogP contribution is -2.70. The average Bonchev–Trinajstić information content (AvgIpc) is 3.29. The number of ether oxygens (including phenoxy) is 1. The summed E-state index contributed by atoms with van der Waals surface area (Å²) in [5, 5.41) is 21.8. The van der Waals surface area contributed by atoms with Crippen molar-refractivity contribution in [1.82, 2.24) is 0 Å². The number of hydrogen-bond acceptors (Lipinski definition) is 4. The van der Waals surface area contributed by atoms with Gasteiger partial charge in [-0.15, -0.1) is 0 Å². The summed E-state index contributed by atoms with van der Waals surface area (Å²) in [5.41, 5.74) is 2.68. The van der Waals surface area contributed by atoms with Gasteiger partial charge < -0.3 is 14.9 Å². The molecule has 0 bridgehead atoms. The summed E-state index contributed by atoms with van der Waals surface area (Å²) in [4.78, 5) is 13.0. The predicted molar refractivity (Wildman–Crippen MR) is 173 cm³/mol. The van der Waals surface area contributed by atoms with E-state index < -0.39 is 0 Å². The maximum atomic E-state index is 13.0. The van der Waals surface area contributed by atoms with Crippen LogP contribution in [0.1, 0.15) is 112 Å². The van der Waals surface area contributed by atoms with Crippen molar-refractivity contribution in [2.24, 2.45) is 56.7 Å². The second-order valence-electron chi connectivity index (χ2n) is 17.2. The van der Waals surface area contributed by atoms with E-state index in [0.717, 1.165) is 37.7 Å². The van der Waals surface area contributed by atoms with Crippen LogP contribution in [0, 0.1) is 56.7 Å². The molecule has 5 aliphatic rings. The van der Waals surface area contributed by atoms with Gasteiger partial charge in [-0.3, -0.25) is 0 Å². The minimum absolute atomic E-state index is 0.00113. The van der Waals surface area contributed by atoms with Gasteiger partial charge in [0.05, 0.1) is 6.10 Å². The molecule has 5 saturated carbocycles. The van der Waals surface area contributed by atoms with Crippen molar-refractivity contribution in [2.45, 2.75) is 118 Å². The Kier molecular flexibility index (Phi) is 7.36. The molecule has 0 heterocycles. The van der Waals surface area contributed by atoms with Crippen LogP contribution in [0.4, 0.5) is 0 Å². The van der Waals surface area contributed by atoms with E-state index >= 15 is 0 Å². The molecule has 0 amide bonds. The Morgan fingerprint density at radius 3 is 2.30 bits per heavy atom. The Labute approximate surface area is 260 Å². The number of phenols is 1. The van der Waals surface area contributed by atoms with Gasteiger partial charge in [-0.2, -0.15) is 0 Å². The summed E-state index contributed by atoms with van der Waals surface area (Å²) >= 11 is 0. The molecule has 1 aromatic carbocycles. The van der Waals surface area contributed by atoms with Crippen molar-refractivity contribution < 1.29 is 19.7 Å². The van der Waals surface area contributed by atoms with Crippen molar-refractivity contribution in [3.05, 3.63) is 48.1 Å². The van der Waals surface area contributed by atoms with Crippen molar-refractivity contribution in [3.8, 4) is 5.75 Å². The molecule has 236 valence electrons. The normalized spacial score (nSPS) is 46.7. The fourth-order valence-corrected chi connectivity index (χ4v) is 12.7. The number of benzene rings is 1. The van der Waals surface area contributed by atoms with Crippen LogP contribution in [0.3, 0.4) is 0 Å². The number of esters is 1. The maximum Gasteiger partial charge on any atom is 0.331 e. The van der Waals surface area contributed by atoms with Crippen LogP contribution in [-0.2, 0) is 9.53 Å². The van der Waals surface area contributed by atoms with E-state index in [0.29, 0.717) is 29.1 Å². The van der Waals surface area contributed by atoms with Gasteiger partial charge in [-0.25, -0.2) is 4.79 Å². The smallest absolute Gasteiger partial charge is 0.331 e. The summed E-state index contributed by atoms with van der Waals surface area (Å²) in [7, 11) is 0. The second-order valence-corrected chi connectivity index (χ2v) is 17.2. The van der Waals surface area contributed by atoms with E-state index in [9.17, 15) is 15.0 Å². The topological polar surface area (TPSA) is 66.8 Å². The molecule has 0 aromatic heterocycles. The first-order valence-corrected chi connectivity index (χ1v) is 17.1. The molecule has 43 heavy (non-hydrogen) atoms. The van der Waals surface area contributed by atoms with Crippen molar-refractivity contribution in [2.75, 3.05) is 0 Å². The number of phenolic OH excluding ortho intramolecular Hbond substituents is 1. The number of carbonyl (C=O) groups is 1. The lowest BCUT2D eigenvalue weighted by atomic mass is 9.32. The Balaban J connectivity index is 1.25. The monoisotopic (exact) mass is 588 g/mol. The Bertz CT molecular complexity index is 1290. The third kappa shape index (κ3) is 4.50. The summed E-state index contributed by atoms with van der Waals surface area (Å²) in [6.45, 7) is 21.5. The van der Waals surface area contributed by atoms with E-state index in [2.05, 4.69) is 55.0 Å². The van der Waals surface area contributed by atoms with E-state index in [1.54, 1.807) is 30.3 Å². The van der Waals surface area contributed by atoms with E-state index in [1.807, 2.05) is 0 Å². The van der Waals surface area contributed by atoms with E-state index in [1.165, 1.54) is 37.3 Å². The standard InChI is InChI=1S/C39H56O4/c1-24(2)27-15-18-36(5)21-22-38(7)28(33(27)36)23-29(41)34-37(6)19-17-31(35(3,4)30(37)16-20-39(34,38)8)43-32(42)14-11-25-9-12-26(40)13-10-25/h9-14,27-31,33-34,40-41H,1,15-23H2,2-8H3/b14-11+/t27-,28+,29+,30-,31-,33+,34+,36+,37-,38+,39+/m0/s1. The lowest BCUT2D eigenvalue weighted by molar-refractivity contribution is -0.276. The number of carbonyl (C=O) groups excluding carboxylic acids is 1. The molecule has 0 radical (unpaired) electrons. The number of aromatic hydroxyl groups is 1. The SMILES string of the molecule is C=C(C)[C@@H]1CC[C@]2(C)CC[C@]3(C)[C@H](C[C@@H](O)[C@@H]4[C@@]5(C)CC[C@H](OC(=O)/C=C/c6ccc(O)cc6)C(C)(C)[C@@H]5CC[C@]43C)[C@@H]12. The zero-order valence-corrected chi connectivity index (χ0v) is 27.8. The fourth-order valence-electron chi connectivity index (χ4n) is 12.7. The van der Waals surface area contributed by atoms with Crippen LogP contribution in [0.2, 0.25) is 0 Å². The molecule has 4 nitrogen and oxygen atoms in total. The van der Waals surface area contributed by atoms with Gasteiger partial charge >= 0.3 is 5.97 Å². The van der Waals surface area contributed by atoms with Crippen LogP contribution in [0.25, 0.3) is 6.08 Å². The minimum atomic E-state index is -0.308. The van der Waals surface area contributed by atoms with Gasteiger partial charge in [-0.05, 0) is 140 Å². The van der Waals surface area contributed by atoms with Crippen molar-refractivity contribution >= 4 is 12.0 Å². The highest BCUT2D eigenvalue weighted by Crippen LogP contribution is 2.77. The molecule has 1 aromatic rings. The number of fused-ring (bicyclic) bond motifs is 7. The fraction of sp³-hybridized carbons (Fsp3) is 0.718. The van der Waals surface area contributed by atoms with Gasteiger partial charge in [0.25, 0.3) is 0 Å². The first-order chi connectivity index (χ1) is 20.1. The Morgan fingerprint density at radius 1 is 0.930 bits per heavy atom. The number of allylic oxidation sites excluding steroid dienone is 1. The molecular formula is C39H56O4. The van der Waals surface area contributed by atoms with Crippen LogP contribution >= 0.6 is 0 Å². The third-order valence-corrected chi connectivity index (χ3v) is 14.9. The van der Waals surface area contributed by atoms with E-state index in [-0.39, 0.29) is 51.5 Å². The molecule has 0 unspecified atom stereocenters. The first-order valence-electron chi connectivity index (χ1n) is 17.1. The summed E-state index contributed by atoms with van der Waals surface area (Å²) < 4.78 is 6.19. The number of rotatable bonds is 4. The van der Waals surface area contributed by atoms with Crippen molar-refractivity contribution in [3.63, 3.8) is 0 Å². The van der Waals surface area contributed by atoms with Gasteiger partial charge in [0.2, 0.25) is 0 Å². The van der Waals surface area contributed by atoms with Crippen LogP contribution in [0.15, 0.2) is 42.5 Å². The molecule has 5 aliphatic carbocycles. The molecular weight excluding hydrogens is 532 g/mol. The van der Waals surface area contributed by atoms with Crippen molar-refractivity contribution in [1.29, 1.82) is 0 Å². The van der Waals surface area contributed by atoms with Gasteiger partial charge in [0.1, 0.15) is 11.9 Å². The Hall–Kier alpha value is -2.07. The lowest BCUT2D eigenvalue weighted by Gasteiger charge is -2.73. The summed E-state index contributed by atoms with van der Waals surface area (Å²) in [6, 6.07) is 6.81. The highest BCUT2D eigenvalue weighted by molar-refractivity contribution is 5.87. The third-order valence-electron chi connectivity index (χ3n) is 14.9. The molecule has 11 atom stereocenters. The van der Waals surface area contributed by atoms with Crippen LogP contribution < -0.4 is 0 Å². The number of aliphatic hydroxyl groups excluding tert-OH is 1. The molecule has 5 fully saturated rings. The van der Waals surface area contributed by atoms with Gasteiger partial charge in [0.15, 0.2) is 0 Å². The average molecular weight is 589 g/mol. The number of hydrogen-bond donors (Lipinski definition) is 2. The quantitative estimate of drug-likeness (QED) is 0.209. The number of aliphatic hydroxyl groups is 1. The van der Waals surface area contributed by atoms with Gasteiger partial charge in [-0.1, -0.05) is 65.8 Å². The first kappa shape index (κ1) is 30.9. The van der Waals surface area contributed by atoms with Gasteiger partial charge in [0, 0.05) is 11.5 Å². The van der Waals surface area contributed by atoms with Crippen LogP contribution in [0.5, 0.6) is 5.75 Å². The largest absolute Gasteiger partial charge is 0.508 e.